The zero-order valence-electron chi connectivity index (χ0n) is 21.3. The highest BCUT2D eigenvalue weighted by Crippen LogP contribution is 2.37. The average Bonchev–Trinajstić information content (AvgIpc) is 3.41. The van der Waals surface area contributed by atoms with Crippen LogP contribution in [0, 0.1) is 6.92 Å². The Balaban J connectivity index is 1.48. The number of ketones is 1. The van der Waals surface area contributed by atoms with Gasteiger partial charge in [-0.15, -0.1) is 0 Å². The molecule has 0 aliphatic carbocycles. The van der Waals surface area contributed by atoms with Crippen LogP contribution < -0.4 is 15.4 Å². The molecule has 2 aromatic heterocycles. The number of anilines is 3. The van der Waals surface area contributed by atoms with Crippen LogP contribution in [0.2, 0.25) is 0 Å². The van der Waals surface area contributed by atoms with E-state index in [9.17, 15) is 9.59 Å². The van der Waals surface area contributed by atoms with Crippen LogP contribution in [0.4, 0.5) is 17.5 Å². The predicted molar refractivity (Wildman–Crippen MR) is 138 cm³/mol. The van der Waals surface area contributed by atoms with Crippen molar-refractivity contribution in [3.05, 3.63) is 71.7 Å². The molecule has 0 saturated heterocycles. The lowest BCUT2D eigenvalue weighted by molar-refractivity contribution is -0.141. The Labute approximate surface area is 218 Å². The van der Waals surface area contributed by atoms with Crippen molar-refractivity contribution in [2.24, 2.45) is 0 Å². The summed E-state index contributed by atoms with van der Waals surface area (Å²) < 4.78 is 16.3. The molecule has 2 N–H and O–H groups in total. The van der Waals surface area contributed by atoms with Crippen molar-refractivity contribution >= 4 is 29.2 Å². The van der Waals surface area contributed by atoms with Gasteiger partial charge in [0.15, 0.2) is 5.60 Å². The molecule has 0 unspecified atom stereocenters. The summed E-state index contributed by atoms with van der Waals surface area (Å²) in [6, 6.07) is 14.4. The van der Waals surface area contributed by atoms with E-state index >= 15 is 0 Å². The predicted octanol–water partition coefficient (Wildman–Crippen LogP) is 4.65. The highest BCUT2D eigenvalue weighted by Gasteiger charge is 2.39. The summed E-state index contributed by atoms with van der Waals surface area (Å²) in [6.45, 7) is 6.59. The van der Waals surface area contributed by atoms with Crippen LogP contribution in [0.25, 0.3) is 11.4 Å². The first-order chi connectivity index (χ1) is 18.2. The molecule has 1 aliphatic rings. The molecule has 5 rings (SSSR count). The number of carbonyl (C=O) groups is 2. The number of nitrogens with one attached hydrogen (secondary N) is 2. The molecule has 0 saturated carbocycles. The monoisotopic (exact) mass is 514 g/mol. The van der Waals surface area contributed by atoms with E-state index in [0.717, 1.165) is 5.56 Å². The summed E-state index contributed by atoms with van der Waals surface area (Å²) in [6.07, 6.45) is 1.58. The number of aryl methyl sites for hydroxylation is 1. The molecule has 0 amide bonds. The van der Waals surface area contributed by atoms with E-state index in [-0.39, 0.29) is 18.3 Å². The Morgan fingerprint density at radius 2 is 1.89 bits per heavy atom. The molecule has 1 aliphatic heterocycles. The fourth-order valence-electron chi connectivity index (χ4n) is 4.04. The van der Waals surface area contributed by atoms with Gasteiger partial charge in [0.25, 0.3) is 0 Å². The molecule has 1 atom stereocenters. The third kappa shape index (κ3) is 5.17. The van der Waals surface area contributed by atoms with Crippen molar-refractivity contribution in [2.45, 2.75) is 39.3 Å². The Morgan fingerprint density at radius 1 is 1.11 bits per heavy atom. The molecule has 38 heavy (non-hydrogen) atoms. The Hall–Kier alpha value is -4.80. The SMILES string of the molecule is CC(=O)OC[C@@H](Nc1nc(Nc2ccc3c(c2)OC(C)(C)C3=O)ncc1-c1noc(C)n1)c1ccccc1. The standard InChI is InChI=1S/C27H26N6O5/c1-15-29-25(33-38-15)20-13-28-26(30-18-10-11-19-22(12-18)37-27(3,4)23(19)35)32-24(20)31-21(14-36-16(2)34)17-8-6-5-7-9-17/h5-13,21H,14H2,1-4H3,(H2,28,30,31,32)/t21-/m1/s1. The molecule has 0 radical (unpaired) electrons. The molecule has 3 heterocycles. The van der Waals surface area contributed by atoms with Crippen molar-refractivity contribution in [1.82, 2.24) is 20.1 Å². The third-order valence-electron chi connectivity index (χ3n) is 5.92. The molecule has 11 heteroatoms. The number of esters is 1. The van der Waals surface area contributed by atoms with Gasteiger partial charge in [-0.25, -0.2) is 4.98 Å². The smallest absolute Gasteiger partial charge is 0.302 e. The second-order valence-corrected chi connectivity index (χ2v) is 9.28. The van der Waals surface area contributed by atoms with Crippen molar-refractivity contribution in [2.75, 3.05) is 17.2 Å². The number of hydrogen-bond donors (Lipinski definition) is 2. The lowest BCUT2D eigenvalue weighted by Crippen LogP contribution is -2.31. The number of ether oxygens (including phenoxy) is 2. The summed E-state index contributed by atoms with van der Waals surface area (Å²) in [5.74, 6) is 1.41. The van der Waals surface area contributed by atoms with Gasteiger partial charge in [-0.05, 0) is 31.5 Å². The molecular weight excluding hydrogens is 488 g/mol. The first-order valence-electron chi connectivity index (χ1n) is 12.0. The van der Waals surface area contributed by atoms with E-state index < -0.39 is 17.6 Å². The Bertz CT molecular complexity index is 1500. The van der Waals surface area contributed by atoms with Crippen molar-refractivity contribution < 1.29 is 23.6 Å². The molecule has 0 bridgehead atoms. The van der Waals surface area contributed by atoms with Gasteiger partial charge >= 0.3 is 5.97 Å². The first-order valence-corrected chi connectivity index (χ1v) is 12.0. The average molecular weight is 515 g/mol. The van der Waals surface area contributed by atoms with Gasteiger partial charge in [0.1, 0.15) is 18.2 Å². The maximum atomic E-state index is 12.5. The molecule has 2 aromatic carbocycles. The summed E-state index contributed by atoms with van der Waals surface area (Å²) >= 11 is 0. The summed E-state index contributed by atoms with van der Waals surface area (Å²) in [5, 5.41) is 10.5. The van der Waals surface area contributed by atoms with Gasteiger partial charge in [0, 0.05) is 31.8 Å². The first kappa shape index (κ1) is 24.9. The Morgan fingerprint density at radius 3 is 2.61 bits per heavy atom. The highest BCUT2D eigenvalue weighted by atomic mass is 16.5. The lowest BCUT2D eigenvalue weighted by Gasteiger charge is -2.21. The van der Waals surface area contributed by atoms with E-state index in [4.69, 9.17) is 14.0 Å². The second-order valence-electron chi connectivity index (χ2n) is 9.28. The van der Waals surface area contributed by atoms with Gasteiger partial charge < -0.3 is 24.6 Å². The van der Waals surface area contributed by atoms with Crippen LogP contribution >= 0.6 is 0 Å². The zero-order valence-corrected chi connectivity index (χ0v) is 21.3. The maximum Gasteiger partial charge on any atom is 0.302 e. The zero-order chi connectivity index (χ0) is 26.9. The van der Waals surface area contributed by atoms with Gasteiger partial charge in [-0.1, -0.05) is 35.5 Å². The van der Waals surface area contributed by atoms with Crippen molar-refractivity contribution in [3.8, 4) is 17.1 Å². The number of aromatic nitrogens is 4. The van der Waals surface area contributed by atoms with E-state index in [1.807, 2.05) is 30.3 Å². The molecule has 0 spiro atoms. The number of benzene rings is 2. The van der Waals surface area contributed by atoms with E-state index in [2.05, 4.69) is 30.7 Å². The number of rotatable bonds is 8. The summed E-state index contributed by atoms with van der Waals surface area (Å²) in [4.78, 5) is 37.5. The van der Waals surface area contributed by atoms with Gasteiger partial charge in [-0.2, -0.15) is 9.97 Å². The fraction of sp³-hybridized carbons (Fsp3) is 0.259. The van der Waals surface area contributed by atoms with Crippen molar-refractivity contribution in [3.63, 3.8) is 0 Å². The van der Waals surface area contributed by atoms with Gasteiger partial charge in [0.05, 0.1) is 17.2 Å². The molecule has 194 valence electrons. The van der Waals surface area contributed by atoms with Crippen LogP contribution in [-0.2, 0) is 9.53 Å². The van der Waals surface area contributed by atoms with Crippen LogP contribution in [0.3, 0.4) is 0 Å². The topological polar surface area (TPSA) is 141 Å². The fourth-order valence-corrected chi connectivity index (χ4v) is 4.04. The minimum absolute atomic E-state index is 0.0683. The quantitative estimate of drug-likeness (QED) is 0.317. The van der Waals surface area contributed by atoms with Gasteiger partial charge in [0.2, 0.25) is 23.4 Å². The van der Waals surface area contributed by atoms with Crippen molar-refractivity contribution in [1.29, 1.82) is 0 Å². The molecular formula is C27H26N6O5. The number of carbonyl (C=O) groups excluding carboxylic acids is 2. The van der Waals surface area contributed by atoms with E-state index in [0.29, 0.717) is 40.1 Å². The summed E-state index contributed by atoms with van der Waals surface area (Å²) in [5.41, 5.74) is 1.65. The Kier molecular flexibility index (Phi) is 6.50. The van der Waals surface area contributed by atoms with Crippen LogP contribution in [0.15, 0.2) is 59.3 Å². The molecule has 4 aromatic rings. The number of nitrogens with zero attached hydrogens (tertiary/aromatic N) is 4. The third-order valence-corrected chi connectivity index (χ3v) is 5.92. The summed E-state index contributed by atoms with van der Waals surface area (Å²) in [7, 11) is 0. The minimum Gasteiger partial charge on any atom is -0.479 e. The van der Waals surface area contributed by atoms with Crippen LogP contribution in [0.5, 0.6) is 5.75 Å². The normalized spacial score (nSPS) is 14.4. The molecule has 11 nitrogen and oxygen atoms in total. The number of hydrogen-bond acceptors (Lipinski definition) is 11. The number of fused-ring (bicyclic) bond motifs is 1. The second kappa shape index (κ2) is 9.92. The van der Waals surface area contributed by atoms with E-state index in [1.54, 1.807) is 45.2 Å². The number of Topliss-reactive ketones (excluding diaryl/α,β-unsaturated/α-hetero) is 1. The van der Waals surface area contributed by atoms with Gasteiger partial charge in [-0.3, -0.25) is 9.59 Å². The highest BCUT2D eigenvalue weighted by molar-refractivity contribution is 6.07. The lowest BCUT2D eigenvalue weighted by atomic mass is 10.00. The largest absolute Gasteiger partial charge is 0.479 e. The van der Waals surface area contributed by atoms with Crippen LogP contribution in [0.1, 0.15) is 48.6 Å². The molecule has 0 fully saturated rings. The minimum atomic E-state index is -0.909. The van der Waals surface area contributed by atoms with Crippen LogP contribution in [-0.4, -0.2) is 44.1 Å². The maximum absolute atomic E-state index is 12.5. The van der Waals surface area contributed by atoms with E-state index in [1.165, 1.54) is 6.92 Å².